The first-order chi connectivity index (χ1) is 12.5. The third kappa shape index (κ3) is 5.89. The molecule has 1 aromatic carbocycles. The summed E-state index contributed by atoms with van der Waals surface area (Å²) in [7, 11) is -0.949. The minimum atomic E-state index is -4.92. The SMILES string of the molecule is CN(C)C1=CCC(=[N+]=[N-])C=C1.O=C(O)c1cccc(C(=O)O)c1S(=O)(=O)O. The van der Waals surface area contributed by atoms with Gasteiger partial charge in [0.25, 0.3) is 15.8 Å². The standard InChI is InChI=1S/C8H11N3.C8H6O7S/c1-11(2)8-5-3-7(10-9)4-6-8;9-7(10)4-2-1-3-5(8(11)12)6(4)16(13,14)15/h3,5-6H,4H2,1-2H3;1-3H,(H,9,10)(H,11,12)(H,13,14,15). The highest BCUT2D eigenvalue weighted by Crippen LogP contribution is 2.20. The van der Waals surface area contributed by atoms with E-state index in [1.165, 1.54) is 0 Å². The molecule has 1 aromatic rings. The van der Waals surface area contributed by atoms with Gasteiger partial charge in [-0.3, -0.25) is 4.55 Å². The van der Waals surface area contributed by atoms with Gasteiger partial charge in [-0.05, 0) is 24.3 Å². The molecule has 27 heavy (non-hydrogen) atoms. The van der Waals surface area contributed by atoms with Gasteiger partial charge in [-0.2, -0.15) is 13.2 Å². The Morgan fingerprint density at radius 1 is 1.11 bits per heavy atom. The maximum Gasteiger partial charge on any atom is 0.337 e. The Morgan fingerprint density at radius 3 is 1.93 bits per heavy atom. The van der Waals surface area contributed by atoms with Crippen LogP contribution in [0.5, 0.6) is 0 Å². The van der Waals surface area contributed by atoms with Crippen molar-refractivity contribution in [2.75, 3.05) is 14.1 Å². The zero-order valence-corrected chi connectivity index (χ0v) is 15.2. The average molecular weight is 395 g/mol. The van der Waals surface area contributed by atoms with Gasteiger partial charge >= 0.3 is 11.9 Å². The number of aromatic carboxylic acids is 2. The zero-order chi connectivity index (χ0) is 20.8. The summed E-state index contributed by atoms with van der Waals surface area (Å²) >= 11 is 0. The van der Waals surface area contributed by atoms with Crippen LogP contribution < -0.4 is 0 Å². The van der Waals surface area contributed by atoms with Crippen molar-refractivity contribution in [3.8, 4) is 0 Å². The van der Waals surface area contributed by atoms with Crippen LogP contribution in [0.2, 0.25) is 0 Å². The van der Waals surface area contributed by atoms with Crippen molar-refractivity contribution in [2.45, 2.75) is 11.3 Å². The third-order valence-corrected chi connectivity index (χ3v) is 4.30. The molecule has 144 valence electrons. The highest BCUT2D eigenvalue weighted by molar-refractivity contribution is 7.86. The first-order valence-electron chi connectivity index (χ1n) is 7.32. The molecule has 1 aliphatic rings. The van der Waals surface area contributed by atoms with Crippen molar-refractivity contribution in [3.63, 3.8) is 0 Å². The zero-order valence-electron chi connectivity index (χ0n) is 14.4. The predicted octanol–water partition coefficient (Wildman–Crippen LogP) is 1.39. The van der Waals surface area contributed by atoms with Crippen LogP contribution in [0.15, 0.2) is 47.0 Å². The molecule has 0 atom stereocenters. The number of carbonyl (C=O) groups is 2. The van der Waals surface area contributed by atoms with Gasteiger partial charge in [0.2, 0.25) is 0 Å². The van der Waals surface area contributed by atoms with E-state index in [0.717, 1.165) is 23.9 Å². The molecule has 0 spiro atoms. The molecule has 0 amide bonds. The van der Waals surface area contributed by atoms with Gasteiger partial charge in [0.05, 0.1) is 17.5 Å². The fourth-order valence-electron chi connectivity index (χ4n) is 2.08. The number of likely N-dealkylation sites (N-methyl/N-ethyl adjacent to an activating group) is 1. The topological polar surface area (TPSA) is 169 Å². The van der Waals surface area contributed by atoms with E-state index in [1.807, 2.05) is 37.2 Å². The lowest BCUT2D eigenvalue weighted by Gasteiger charge is -2.14. The molecule has 0 aromatic heterocycles. The Bertz CT molecular complexity index is 939. The molecule has 1 aliphatic carbocycles. The van der Waals surface area contributed by atoms with Crippen LogP contribution in [-0.4, -0.2) is 64.6 Å². The van der Waals surface area contributed by atoms with Gasteiger partial charge in [-0.25, -0.2) is 9.59 Å². The molecule has 0 fully saturated rings. The number of carboxylic acids is 2. The van der Waals surface area contributed by atoms with E-state index < -0.39 is 38.1 Å². The van der Waals surface area contributed by atoms with E-state index in [2.05, 4.69) is 4.79 Å². The molecule has 0 unspecified atom stereocenters. The van der Waals surface area contributed by atoms with Gasteiger partial charge < -0.3 is 20.6 Å². The third-order valence-electron chi connectivity index (χ3n) is 3.35. The molecule has 0 heterocycles. The average Bonchev–Trinajstić information content (AvgIpc) is 2.60. The van der Waals surface area contributed by atoms with Crippen LogP contribution in [0, 0.1) is 0 Å². The molecule has 3 N–H and O–H groups in total. The summed E-state index contributed by atoms with van der Waals surface area (Å²) < 4.78 is 30.6. The van der Waals surface area contributed by atoms with E-state index in [1.54, 1.807) is 0 Å². The van der Waals surface area contributed by atoms with Gasteiger partial charge in [0.1, 0.15) is 4.90 Å². The molecule has 0 saturated carbocycles. The van der Waals surface area contributed by atoms with Gasteiger partial charge in [0.15, 0.2) is 0 Å². The van der Waals surface area contributed by atoms with Crippen molar-refractivity contribution in [1.82, 2.24) is 4.90 Å². The minimum Gasteiger partial charge on any atom is -0.478 e. The van der Waals surface area contributed by atoms with E-state index in [9.17, 15) is 18.0 Å². The lowest BCUT2D eigenvalue weighted by atomic mass is 10.1. The summed E-state index contributed by atoms with van der Waals surface area (Å²) in [6.45, 7) is 0. The fourth-order valence-corrected chi connectivity index (χ4v) is 2.95. The van der Waals surface area contributed by atoms with Crippen molar-refractivity contribution in [2.24, 2.45) is 0 Å². The molecule has 0 aliphatic heterocycles. The number of carboxylic acid groups (broad SMARTS) is 2. The second-order valence-electron chi connectivity index (χ2n) is 5.42. The molecule has 10 nitrogen and oxygen atoms in total. The fraction of sp³-hybridized carbons (Fsp3) is 0.188. The van der Waals surface area contributed by atoms with E-state index in [-0.39, 0.29) is 0 Å². The van der Waals surface area contributed by atoms with Crippen LogP contribution in [0.4, 0.5) is 0 Å². The van der Waals surface area contributed by atoms with Gasteiger partial charge in [-0.1, -0.05) is 6.07 Å². The van der Waals surface area contributed by atoms with Crippen LogP contribution in [0.3, 0.4) is 0 Å². The number of benzene rings is 1. The van der Waals surface area contributed by atoms with Crippen molar-refractivity contribution in [1.29, 1.82) is 0 Å². The smallest absolute Gasteiger partial charge is 0.337 e. The van der Waals surface area contributed by atoms with Crippen LogP contribution >= 0.6 is 0 Å². The number of allylic oxidation sites excluding steroid dienone is 3. The van der Waals surface area contributed by atoms with Crippen molar-refractivity contribution >= 4 is 27.8 Å². The lowest BCUT2D eigenvalue weighted by molar-refractivity contribution is -0.00546. The lowest BCUT2D eigenvalue weighted by Crippen LogP contribution is -2.14. The van der Waals surface area contributed by atoms with E-state index >= 15 is 0 Å². The molecular formula is C16H17N3O7S. The molecule has 0 radical (unpaired) electrons. The number of hydrogen-bond donors (Lipinski definition) is 3. The largest absolute Gasteiger partial charge is 0.478 e. The van der Waals surface area contributed by atoms with Crippen LogP contribution in [0.1, 0.15) is 27.1 Å². The Labute approximate surface area is 155 Å². The Morgan fingerprint density at radius 2 is 1.63 bits per heavy atom. The quantitative estimate of drug-likeness (QED) is 0.390. The Balaban J connectivity index is 0.000000289. The summed E-state index contributed by atoms with van der Waals surface area (Å²) in [6, 6.07) is 2.84. The van der Waals surface area contributed by atoms with E-state index in [0.29, 0.717) is 12.1 Å². The Hall–Kier alpha value is -3.27. The first-order valence-corrected chi connectivity index (χ1v) is 8.76. The first kappa shape index (κ1) is 21.8. The summed E-state index contributed by atoms with van der Waals surface area (Å²) in [5.74, 6) is -3.29. The van der Waals surface area contributed by atoms with Crippen molar-refractivity contribution in [3.05, 3.63) is 58.8 Å². The summed E-state index contributed by atoms with van der Waals surface area (Å²) in [5.41, 5.74) is 8.69. The second-order valence-corrected chi connectivity index (χ2v) is 6.78. The molecule has 0 saturated heterocycles. The number of hydrogen-bond acceptors (Lipinski definition) is 5. The highest BCUT2D eigenvalue weighted by Gasteiger charge is 2.27. The van der Waals surface area contributed by atoms with E-state index in [4.69, 9.17) is 20.3 Å². The minimum absolute atomic E-state index is 0.704. The maximum atomic E-state index is 10.9. The second kappa shape index (κ2) is 8.90. The van der Waals surface area contributed by atoms with Crippen molar-refractivity contribution < 1.29 is 37.6 Å². The monoisotopic (exact) mass is 395 g/mol. The predicted molar refractivity (Wildman–Crippen MR) is 94.3 cm³/mol. The normalized spacial score (nSPS) is 13.0. The maximum absolute atomic E-state index is 10.9. The van der Waals surface area contributed by atoms with Gasteiger partial charge in [-0.15, -0.1) is 0 Å². The highest BCUT2D eigenvalue weighted by atomic mass is 32.2. The summed E-state index contributed by atoms with van der Waals surface area (Å²) in [6.07, 6.45) is 6.48. The summed E-state index contributed by atoms with van der Waals surface area (Å²) in [5, 5.41) is 17.3. The molecular weight excluding hydrogens is 378 g/mol. The summed E-state index contributed by atoms with van der Waals surface area (Å²) in [4.78, 5) is 25.4. The number of rotatable bonds is 4. The Kier molecular flexibility index (Phi) is 7.18. The van der Waals surface area contributed by atoms with Gasteiger partial charge in [0, 0.05) is 25.9 Å². The van der Waals surface area contributed by atoms with Crippen LogP contribution in [-0.2, 0) is 10.1 Å². The number of nitrogens with zero attached hydrogens (tertiary/aromatic N) is 3. The van der Waals surface area contributed by atoms with Crippen LogP contribution in [0.25, 0.3) is 5.53 Å². The molecule has 2 rings (SSSR count). The molecule has 0 bridgehead atoms. The molecule has 11 heteroatoms.